The highest BCUT2D eigenvalue weighted by Gasteiger charge is 2.12. The Morgan fingerprint density at radius 2 is 2.13 bits per heavy atom. The Balaban J connectivity index is 2.18. The molecule has 0 atom stereocenters. The van der Waals surface area contributed by atoms with Gasteiger partial charge in [-0.2, -0.15) is 0 Å². The number of rotatable bonds is 6. The predicted molar refractivity (Wildman–Crippen MR) is 64.9 cm³/mol. The van der Waals surface area contributed by atoms with Crippen molar-refractivity contribution in [1.29, 1.82) is 0 Å². The molecular weight excluding hydrogens is 184 g/mol. The molecule has 1 rings (SSSR count). The van der Waals surface area contributed by atoms with Crippen molar-refractivity contribution in [3.8, 4) is 0 Å². The molecule has 0 saturated heterocycles. The van der Waals surface area contributed by atoms with Gasteiger partial charge in [0, 0.05) is 17.4 Å². The zero-order valence-electron chi connectivity index (χ0n) is 10.1. The molecule has 0 unspecified atom stereocenters. The summed E-state index contributed by atoms with van der Waals surface area (Å²) in [5.41, 5.74) is 1.46. The van der Waals surface area contributed by atoms with Crippen molar-refractivity contribution in [3.63, 3.8) is 0 Å². The second-order valence-corrected chi connectivity index (χ2v) is 4.59. The van der Waals surface area contributed by atoms with Crippen LogP contribution in [0.25, 0.3) is 0 Å². The summed E-state index contributed by atoms with van der Waals surface area (Å²) in [4.78, 5) is 4.31. The van der Waals surface area contributed by atoms with Crippen LogP contribution in [0, 0.1) is 0 Å². The van der Waals surface area contributed by atoms with E-state index in [1.165, 1.54) is 5.69 Å². The summed E-state index contributed by atoms with van der Waals surface area (Å²) >= 11 is 0. The summed E-state index contributed by atoms with van der Waals surface area (Å²) < 4.78 is 0. The summed E-state index contributed by atoms with van der Waals surface area (Å²) in [5, 5.41) is 3.55. The molecule has 15 heavy (non-hydrogen) atoms. The van der Waals surface area contributed by atoms with Gasteiger partial charge < -0.3 is 5.32 Å². The normalized spacial score (nSPS) is 11.7. The largest absolute Gasteiger partial charge is 0.312 e. The van der Waals surface area contributed by atoms with Gasteiger partial charge in [-0.15, -0.1) is 0 Å². The Hall–Kier alpha value is -0.890. The SMILES string of the molecule is CCC(C)(C)NCCCc1ccccn1. The van der Waals surface area contributed by atoms with Crippen molar-refractivity contribution < 1.29 is 0 Å². The van der Waals surface area contributed by atoms with Crippen LogP contribution in [0.1, 0.15) is 39.3 Å². The van der Waals surface area contributed by atoms with E-state index in [1.807, 2.05) is 18.3 Å². The summed E-state index contributed by atoms with van der Waals surface area (Å²) in [6.07, 6.45) is 5.24. The van der Waals surface area contributed by atoms with Gasteiger partial charge in [0.25, 0.3) is 0 Å². The fourth-order valence-corrected chi connectivity index (χ4v) is 1.37. The first kappa shape index (κ1) is 12.2. The van der Waals surface area contributed by atoms with Gasteiger partial charge >= 0.3 is 0 Å². The van der Waals surface area contributed by atoms with Crippen LogP contribution in [0.5, 0.6) is 0 Å². The van der Waals surface area contributed by atoms with Crippen LogP contribution in [0.3, 0.4) is 0 Å². The van der Waals surface area contributed by atoms with Crippen LogP contribution >= 0.6 is 0 Å². The topological polar surface area (TPSA) is 24.9 Å². The molecule has 2 nitrogen and oxygen atoms in total. The Bertz CT molecular complexity index is 267. The van der Waals surface area contributed by atoms with E-state index in [4.69, 9.17) is 0 Å². The molecule has 0 saturated carbocycles. The minimum Gasteiger partial charge on any atom is -0.312 e. The van der Waals surface area contributed by atoms with E-state index in [9.17, 15) is 0 Å². The fourth-order valence-electron chi connectivity index (χ4n) is 1.37. The highest BCUT2D eigenvalue weighted by molar-refractivity contribution is 5.03. The van der Waals surface area contributed by atoms with E-state index >= 15 is 0 Å². The third-order valence-corrected chi connectivity index (χ3v) is 2.82. The van der Waals surface area contributed by atoms with Crippen molar-refractivity contribution in [1.82, 2.24) is 10.3 Å². The average Bonchev–Trinajstić information content (AvgIpc) is 2.26. The van der Waals surface area contributed by atoms with Crippen molar-refractivity contribution >= 4 is 0 Å². The van der Waals surface area contributed by atoms with Crippen molar-refractivity contribution in [3.05, 3.63) is 30.1 Å². The first-order chi connectivity index (χ1) is 7.14. The smallest absolute Gasteiger partial charge is 0.0404 e. The first-order valence-corrected chi connectivity index (χ1v) is 5.79. The van der Waals surface area contributed by atoms with Crippen LogP contribution in [-0.2, 0) is 6.42 Å². The number of hydrogen-bond donors (Lipinski definition) is 1. The maximum absolute atomic E-state index is 4.31. The molecule has 0 aliphatic carbocycles. The third-order valence-electron chi connectivity index (χ3n) is 2.82. The summed E-state index contributed by atoms with van der Waals surface area (Å²) in [7, 11) is 0. The molecule has 0 spiro atoms. The van der Waals surface area contributed by atoms with Gasteiger partial charge in [-0.1, -0.05) is 13.0 Å². The average molecular weight is 206 g/mol. The van der Waals surface area contributed by atoms with Gasteiger partial charge in [0.05, 0.1) is 0 Å². The van der Waals surface area contributed by atoms with Crippen LogP contribution in [0.4, 0.5) is 0 Å². The molecule has 2 heteroatoms. The summed E-state index contributed by atoms with van der Waals surface area (Å²) in [5.74, 6) is 0. The minimum absolute atomic E-state index is 0.268. The Labute approximate surface area is 93.1 Å². The maximum atomic E-state index is 4.31. The summed E-state index contributed by atoms with van der Waals surface area (Å²) in [6, 6.07) is 6.10. The lowest BCUT2D eigenvalue weighted by Crippen LogP contribution is -2.39. The standard InChI is InChI=1S/C13H22N2/c1-4-13(2,3)15-11-7-9-12-8-5-6-10-14-12/h5-6,8,10,15H,4,7,9,11H2,1-3H3. The molecule has 0 radical (unpaired) electrons. The van der Waals surface area contributed by atoms with Crippen LogP contribution in [0.15, 0.2) is 24.4 Å². The number of pyridine rings is 1. The molecule has 1 N–H and O–H groups in total. The lowest BCUT2D eigenvalue weighted by atomic mass is 10.0. The van der Waals surface area contributed by atoms with Crippen LogP contribution in [0.2, 0.25) is 0 Å². The zero-order valence-corrected chi connectivity index (χ0v) is 10.1. The van der Waals surface area contributed by atoms with Gasteiger partial charge in [0.2, 0.25) is 0 Å². The minimum atomic E-state index is 0.268. The second-order valence-electron chi connectivity index (χ2n) is 4.59. The molecular formula is C13H22N2. The van der Waals surface area contributed by atoms with E-state index < -0.39 is 0 Å². The molecule has 84 valence electrons. The Morgan fingerprint density at radius 1 is 1.33 bits per heavy atom. The second kappa shape index (κ2) is 5.86. The lowest BCUT2D eigenvalue weighted by Gasteiger charge is -2.24. The van der Waals surface area contributed by atoms with Gasteiger partial charge in [0.15, 0.2) is 0 Å². The molecule has 0 bridgehead atoms. The van der Waals surface area contributed by atoms with Crippen molar-refractivity contribution in [2.75, 3.05) is 6.54 Å². The quantitative estimate of drug-likeness (QED) is 0.724. The Kier molecular flexibility index (Phi) is 4.76. The van der Waals surface area contributed by atoms with Gasteiger partial charge in [0.1, 0.15) is 0 Å². The van der Waals surface area contributed by atoms with E-state index in [0.717, 1.165) is 25.8 Å². The highest BCUT2D eigenvalue weighted by atomic mass is 14.9. The molecule has 1 aromatic heterocycles. The molecule has 0 aliphatic rings. The molecule has 0 aliphatic heterocycles. The van der Waals surface area contributed by atoms with Crippen LogP contribution < -0.4 is 5.32 Å². The zero-order chi connectivity index (χ0) is 11.1. The predicted octanol–water partition coefficient (Wildman–Crippen LogP) is 2.79. The number of aromatic nitrogens is 1. The molecule has 1 aromatic rings. The van der Waals surface area contributed by atoms with Crippen molar-refractivity contribution in [2.45, 2.75) is 45.6 Å². The fraction of sp³-hybridized carbons (Fsp3) is 0.615. The molecule has 0 fully saturated rings. The number of nitrogens with zero attached hydrogens (tertiary/aromatic N) is 1. The highest BCUT2D eigenvalue weighted by Crippen LogP contribution is 2.07. The maximum Gasteiger partial charge on any atom is 0.0404 e. The number of nitrogens with one attached hydrogen (secondary N) is 1. The van der Waals surface area contributed by atoms with E-state index in [0.29, 0.717) is 0 Å². The van der Waals surface area contributed by atoms with Gasteiger partial charge in [-0.25, -0.2) is 0 Å². The monoisotopic (exact) mass is 206 g/mol. The summed E-state index contributed by atoms with van der Waals surface area (Å²) in [6.45, 7) is 7.77. The first-order valence-electron chi connectivity index (χ1n) is 5.79. The van der Waals surface area contributed by atoms with Crippen LogP contribution in [-0.4, -0.2) is 17.1 Å². The van der Waals surface area contributed by atoms with Crippen molar-refractivity contribution in [2.24, 2.45) is 0 Å². The van der Waals surface area contributed by atoms with E-state index in [1.54, 1.807) is 0 Å². The van der Waals surface area contributed by atoms with Gasteiger partial charge in [-0.05, 0) is 51.8 Å². The third kappa shape index (κ3) is 4.93. The molecule has 0 amide bonds. The number of aryl methyl sites for hydroxylation is 1. The number of hydrogen-bond acceptors (Lipinski definition) is 2. The van der Waals surface area contributed by atoms with E-state index in [-0.39, 0.29) is 5.54 Å². The molecule has 0 aromatic carbocycles. The van der Waals surface area contributed by atoms with E-state index in [2.05, 4.69) is 37.1 Å². The van der Waals surface area contributed by atoms with Gasteiger partial charge in [-0.3, -0.25) is 4.98 Å². The lowest BCUT2D eigenvalue weighted by molar-refractivity contribution is 0.374. The Morgan fingerprint density at radius 3 is 2.73 bits per heavy atom. The molecule has 1 heterocycles.